The Labute approximate surface area is 160 Å². The van der Waals surface area contributed by atoms with Gasteiger partial charge < -0.3 is 14.5 Å². The maximum atomic E-state index is 12.6. The molecule has 5 nitrogen and oxygen atoms in total. The van der Waals surface area contributed by atoms with Crippen molar-refractivity contribution >= 4 is 11.8 Å². The highest BCUT2D eigenvalue weighted by Crippen LogP contribution is 2.15. The predicted molar refractivity (Wildman–Crippen MR) is 105 cm³/mol. The van der Waals surface area contributed by atoms with Crippen molar-refractivity contribution in [2.24, 2.45) is 0 Å². The van der Waals surface area contributed by atoms with Crippen LogP contribution in [0.2, 0.25) is 0 Å². The molecule has 0 radical (unpaired) electrons. The monoisotopic (exact) mass is 366 g/mol. The first-order chi connectivity index (χ1) is 13.1. The van der Waals surface area contributed by atoms with E-state index in [0.29, 0.717) is 38.2 Å². The number of methoxy groups -OCH3 is 1. The van der Waals surface area contributed by atoms with Crippen LogP contribution in [0.4, 0.5) is 0 Å². The quantitative estimate of drug-likeness (QED) is 0.818. The minimum absolute atomic E-state index is 0.00418. The number of carbonyl (C=O) groups is 2. The van der Waals surface area contributed by atoms with Crippen molar-refractivity contribution in [3.63, 3.8) is 0 Å². The van der Waals surface area contributed by atoms with E-state index in [4.69, 9.17) is 4.74 Å². The summed E-state index contributed by atoms with van der Waals surface area (Å²) in [6.45, 7) is 4.38. The van der Waals surface area contributed by atoms with Crippen molar-refractivity contribution < 1.29 is 14.3 Å². The Morgan fingerprint density at radius 2 is 1.63 bits per heavy atom. The minimum Gasteiger partial charge on any atom is -0.497 e. The Bertz CT molecular complexity index is 793. The molecule has 27 heavy (non-hydrogen) atoms. The smallest absolute Gasteiger partial charge is 0.253 e. The molecule has 1 saturated heterocycles. The molecule has 1 aliphatic rings. The second-order valence-electron chi connectivity index (χ2n) is 6.89. The van der Waals surface area contributed by atoms with Crippen LogP contribution in [0.15, 0.2) is 48.5 Å². The van der Waals surface area contributed by atoms with Crippen LogP contribution in [0.25, 0.3) is 0 Å². The maximum absolute atomic E-state index is 12.6. The number of carbonyl (C=O) groups excluding carboxylic acids is 2. The first kappa shape index (κ1) is 19.0. The first-order valence-corrected chi connectivity index (χ1v) is 9.33. The Morgan fingerprint density at radius 3 is 2.26 bits per heavy atom. The fourth-order valence-electron chi connectivity index (χ4n) is 3.35. The summed E-state index contributed by atoms with van der Waals surface area (Å²) in [4.78, 5) is 28.8. The molecule has 0 atom stereocenters. The summed E-state index contributed by atoms with van der Waals surface area (Å²) >= 11 is 0. The van der Waals surface area contributed by atoms with Gasteiger partial charge in [-0.2, -0.15) is 0 Å². The summed E-state index contributed by atoms with van der Waals surface area (Å²) in [6.07, 6.45) is 1.27. The summed E-state index contributed by atoms with van der Waals surface area (Å²) in [5.74, 6) is 0.896. The number of rotatable bonds is 5. The van der Waals surface area contributed by atoms with Gasteiger partial charge >= 0.3 is 0 Å². The van der Waals surface area contributed by atoms with Gasteiger partial charge in [0.15, 0.2) is 0 Å². The fraction of sp³-hybridized carbons (Fsp3) is 0.364. The van der Waals surface area contributed by atoms with Gasteiger partial charge in [0.05, 0.1) is 7.11 Å². The number of nitrogens with zero attached hydrogens (tertiary/aromatic N) is 2. The average Bonchev–Trinajstić information content (AvgIpc) is 2.72. The summed E-state index contributed by atoms with van der Waals surface area (Å²) < 4.78 is 5.13. The van der Waals surface area contributed by atoms with Gasteiger partial charge in [-0.15, -0.1) is 0 Å². The molecule has 3 rings (SSSR count). The van der Waals surface area contributed by atoms with Gasteiger partial charge in [-0.1, -0.05) is 29.8 Å². The molecule has 1 aliphatic heterocycles. The SMILES string of the molecule is COc1ccc(C(=O)N2CCN(C(=O)CCc3cccc(C)c3)CC2)cc1. The molecule has 0 bridgehead atoms. The van der Waals surface area contributed by atoms with Crippen LogP contribution >= 0.6 is 0 Å². The van der Waals surface area contributed by atoms with Crippen molar-refractivity contribution in [3.05, 3.63) is 65.2 Å². The lowest BCUT2D eigenvalue weighted by Crippen LogP contribution is -2.50. The number of amides is 2. The van der Waals surface area contributed by atoms with Crippen LogP contribution in [0.5, 0.6) is 5.75 Å². The van der Waals surface area contributed by atoms with Gasteiger partial charge in [0.2, 0.25) is 5.91 Å². The van der Waals surface area contributed by atoms with Crippen LogP contribution in [-0.2, 0) is 11.2 Å². The predicted octanol–water partition coefficient (Wildman–Crippen LogP) is 2.92. The molecule has 2 aromatic rings. The van der Waals surface area contributed by atoms with Crippen LogP contribution in [0, 0.1) is 6.92 Å². The lowest BCUT2D eigenvalue weighted by Gasteiger charge is -2.35. The summed E-state index contributed by atoms with van der Waals surface area (Å²) in [7, 11) is 1.60. The van der Waals surface area contributed by atoms with Gasteiger partial charge in [0, 0.05) is 38.2 Å². The topological polar surface area (TPSA) is 49.9 Å². The van der Waals surface area contributed by atoms with Gasteiger partial charge in [0.1, 0.15) is 5.75 Å². The van der Waals surface area contributed by atoms with Crippen molar-refractivity contribution in [3.8, 4) is 5.75 Å². The van der Waals surface area contributed by atoms with Crippen LogP contribution < -0.4 is 4.74 Å². The lowest BCUT2D eigenvalue weighted by molar-refractivity contribution is -0.132. The molecule has 2 amide bonds. The third-order valence-electron chi connectivity index (χ3n) is 4.97. The highest BCUT2D eigenvalue weighted by atomic mass is 16.5. The van der Waals surface area contributed by atoms with Gasteiger partial charge in [0.25, 0.3) is 5.91 Å². The molecule has 1 fully saturated rings. The normalized spacial score (nSPS) is 14.1. The van der Waals surface area contributed by atoms with E-state index in [1.54, 1.807) is 31.4 Å². The summed E-state index contributed by atoms with van der Waals surface area (Å²) in [6, 6.07) is 15.4. The van der Waals surface area contributed by atoms with Gasteiger partial charge in [-0.3, -0.25) is 9.59 Å². The molecule has 0 saturated carbocycles. The molecule has 0 spiro atoms. The van der Waals surface area contributed by atoms with Gasteiger partial charge in [-0.05, 0) is 43.2 Å². The molecule has 0 N–H and O–H groups in total. The van der Waals surface area contributed by atoms with E-state index in [-0.39, 0.29) is 11.8 Å². The third-order valence-corrected chi connectivity index (χ3v) is 4.97. The second-order valence-corrected chi connectivity index (χ2v) is 6.89. The lowest BCUT2D eigenvalue weighted by atomic mass is 10.1. The highest BCUT2D eigenvalue weighted by Gasteiger charge is 2.24. The summed E-state index contributed by atoms with van der Waals surface area (Å²) in [5.41, 5.74) is 3.05. The zero-order chi connectivity index (χ0) is 19.2. The van der Waals surface area contributed by atoms with Crippen molar-refractivity contribution in [2.75, 3.05) is 33.3 Å². The zero-order valence-electron chi connectivity index (χ0n) is 16.0. The minimum atomic E-state index is 0.00418. The molecule has 0 aliphatic carbocycles. The standard InChI is InChI=1S/C22H26N2O3/c1-17-4-3-5-18(16-17)6-11-21(25)23-12-14-24(15-13-23)22(26)19-7-9-20(27-2)10-8-19/h3-5,7-10,16H,6,11-15H2,1-2H3. The van der Waals surface area contributed by atoms with Crippen LogP contribution in [-0.4, -0.2) is 54.9 Å². The van der Waals surface area contributed by atoms with Crippen LogP contribution in [0.1, 0.15) is 27.9 Å². The Hall–Kier alpha value is -2.82. The van der Waals surface area contributed by atoms with Crippen molar-refractivity contribution in [2.45, 2.75) is 19.8 Å². The van der Waals surface area contributed by atoms with E-state index < -0.39 is 0 Å². The molecule has 0 unspecified atom stereocenters. The van der Waals surface area contributed by atoms with Gasteiger partial charge in [-0.25, -0.2) is 0 Å². The number of hydrogen-bond acceptors (Lipinski definition) is 3. The molecular formula is C22H26N2O3. The molecule has 0 aromatic heterocycles. The number of aryl methyl sites for hydroxylation is 2. The second kappa shape index (κ2) is 8.71. The van der Waals surface area contributed by atoms with E-state index in [1.165, 1.54) is 11.1 Å². The molecule has 142 valence electrons. The van der Waals surface area contributed by atoms with Crippen molar-refractivity contribution in [1.82, 2.24) is 9.80 Å². The molecule has 2 aromatic carbocycles. The number of ether oxygens (including phenoxy) is 1. The first-order valence-electron chi connectivity index (χ1n) is 9.33. The third kappa shape index (κ3) is 4.88. The maximum Gasteiger partial charge on any atom is 0.253 e. The molecule has 1 heterocycles. The highest BCUT2D eigenvalue weighted by molar-refractivity contribution is 5.94. The Kier molecular flexibility index (Phi) is 6.12. The number of piperazine rings is 1. The van der Waals surface area contributed by atoms with E-state index >= 15 is 0 Å². The van der Waals surface area contributed by atoms with E-state index in [0.717, 1.165) is 12.2 Å². The van der Waals surface area contributed by atoms with E-state index in [1.807, 2.05) is 15.9 Å². The van der Waals surface area contributed by atoms with E-state index in [2.05, 4.69) is 25.1 Å². The van der Waals surface area contributed by atoms with E-state index in [9.17, 15) is 9.59 Å². The number of benzene rings is 2. The Balaban J connectivity index is 1.48. The number of hydrogen-bond donors (Lipinski definition) is 0. The molecular weight excluding hydrogens is 340 g/mol. The fourth-order valence-corrected chi connectivity index (χ4v) is 3.35. The average molecular weight is 366 g/mol. The Morgan fingerprint density at radius 1 is 0.963 bits per heavy atom. The largest absolute Gasteiger partial charge is 0.497 e. The van der Waals surface area contributed by atoms with Crippen LogP contribution in [0.3, 0.4) is 0 Å². The molecule has 5 heteroatoms. The summed E-state index contributed by atoms with van der Waals surface area (Å²) in [5, 5.41) is 0. The van der Waals surface area contributed by atoms with Crippen molar-refractivity contribution in [1.29, 1.82) is 0 Å². The zero-order valence-corrected chi connectivity index (χ0v) is 16.0.